The Hall–Kier alpha value is -0.340. The molecule has 0 radical (unpaired) electrons. The second kappa shape index (κ2) is 12.7. The lowest BCUT2D eigenvalue weighted by molar-refractivity contribution is 0.115. The molecule has 0 aliphatic heterocycles. The average Bonchev–Trinajstić information content (AvgIpc) is 2.28. The largest absolute Gasteiger partial charge is 0.377 e. The van der Waals surface area contributed by atoms with Gasteiger partial charge in [-0.25, -0.2) is 0 Å². The van der Waals surface area contributed by atoms with Gasteiger partial charge in [-0.1, -0.05) is 46.1 Å². The summed E-state index contributed by atoms with van der Waals surface area (Å²) in [4.78, 5) is 0. The molecule has 0 aliphatic carbocycles. The number of hydrogen-bond acceptors (Lipinski definition) is 2. The molecule has 0 aromatic rings. The van der Waals surface area contributed by atoms with E-state index in [2.05, 4.69) is 20.4 Å². The second-order valence-corrected chi connectivity index (χ2v) is 4.27. The molecular formula is C14H28O2. The summed E-state index contributed by atoms with van der Waals surface area (Å²) in [6.45, 7) is 11.3. The molecule has 0 rings (SSSR count). The first-order chi connectivity index (χ1) is 7.81. The van der Waals surface area contributed by atoms with Crippen LogP contribution in [0.2, 0.25) is 0 Å². The molecule has 2 nitrogen and oxygen atoms in total. The van der Waals surface area contributed by atoms with Crippen LogP contribution in [0.15, 0.2) is 12.2 Å². The fraction of sp³-hybridized carbons (Fsp3) is 0.857. The van der Waals surface area contributed by atoms with Crippen molar-refractivity contribution >= 4 is 0 Å². The summed E-state index contributed by atoms with van der Waals surface area (Å²) < 4.78 is 11.0. The van der Waals surface area contributed by atoms with E-state index >= 15 is 0 Å². The maximum Gasteiger partial charge on any atom is 0.0696 e. The minimum absolute atomic E-state index is 0.650. The lowest BCUT2D eigenvalue weighted by Gasteiger charge is -2.08. The topological polar surface area (TPSA) is 18.5 Å². The molecule has 16 heavy (non-hydrogen) atoms. The minimum atomic E-state index is 0.650. The van der Waals surface area contributed by atoms with Crippen molar-refractivity contribution in [2.75, 3.05) is 26.4 Å². The van der Waals surface area contributed by atoms with Crippen molar-refractivity contribution in [3.63, 3.8) is 0 Å². The van der Waals surface area contributed by atoms with Gasteiger partial charge >= 0.3 is 0 Å². The van der Waals surface area contributed by atoms with E-state index in [1.54, 1.807) is 0 Å². The molecule has 0 heterocycles. The summed E-state index contributed by atoms with van der Waals surface area (Å²) in [6.07, 6.45) is 7.29. The molecule has 2 heteroatoms. The highest BCUT2D eigenvalue weighted by Crippen LogP contribution is 1.99. The van der Waals surface area contributed by atoms with Crippen LogP contribution in [0.25, 0.3) is 0 Å². The molecule has 0 saturated heterocycles. The molecule has 96 valence electrons. The van der Waals surface area contributed by atoms with E-state index in [0.29, 0.717) is 13.2 Å². The first-order valence-corrected chi connectivity index (χ1v) is 6.63. The molecule has 0 bridgehead atoms. The number of unbranched alkanes of at least 4 members (excludes halogenated alkanes) is 4. The molecule has 0 aliphatic rings. The fourth-order valence-electron chi connectivity index (χ4n) is 1.38. The van der Waals surface area contributed by atoms with Crippen molar-refractivity contribution in [2.24, 2.45) is 0 Å². The Labute approximate surface area is 101 Å². The second-order valence-electron chi connectivity index (χ2n) is 4.27. The van der Waals surface area contributed by atoms with Crippen LogP contribution < -0.4 is 0 Å². The maximum atomic E-state index is 5.50. The van der Waals surface area contributed by atoms with Crippen LogP contribution >= 0.6 is 0 Å². The number of ether oxygens (including phenoxy) is 2. The van der Waals surface area contributed by atoms with Crippen LogP contribution in [-0.4, -0.2) is 26.4 Å². The van der Waals surface area contributed by atoms with Gasteiger partial charge in [0.15, 0.2) is 0 Å². The van der Waals surface area contributed by atoms with E-state index in [0.717, 1.165) is 31.6 Å². The van der Waals surface area contributed by atoms with Crippen molar-refractivity contribution in [3.05, 3.63) is 12.2 Å². The summed E-state index contributed by atoms with van der Waals surface area (Å²) in [5.74, 6) is 0. The Morgan fingerprint density at radius 3 is 1.62 bits per heavy atom. The molecule has 0 aromatic heterocycles. The van der Waals surface area contributed by atoms with Crippen molar-refractivity contribution < 1.29 is 9.47 Å². The highest BCUT2D eigenvalue weighted by Gasteiger charge is 1.95. The highest BCUT2D eigenvalue weighted by molar-refractivity contribution is 4.94. The standard InChI is InChI=1S/C14H28O2/c1-4-6-8-10-15-12-14(3)13-16-11-9-7-5-2/h3-13H2,1-2H3. The average molecular weight is 228 g/mol. The normalized spacial score (nSPS) is 10.6. The van der Waals surface area contributed by atoms with Crippen LogP contribution in [0.4, 0.5) is 0 Å². The van der Waals surface area contributed by atoms with Crippen molar-refractivity contribution in [1.29, 1.82) is 0 Å². The molecule has 0 spiro atoms. The van der Waals surface area contributed by atoms with E-state index in [4.69, 9.17) is 9.47 Å². The fourth-order valence-corrected chi connectivity index (χ4v) is 1.38. The Kier molecular flexibility index (Phi) is 12.5. The van der Waals surface area contributed by atoms with Crippen LogP contribution in [0.1, 0.15) is 52.4 Å². The molecule has 0 atom stereocenters. The van der Waals surface area contributed by atoms with E-state index < -0.39 is 0 Å². The van der Waals surface area contributed by atoms with Gasteiger partial charge in [-0.3, -0.25) is 0 Å². The Morgan fingerprint density at radius 1 is 0.812 bits per heavy atom. The third-order valence-corrected chi connectivity index (χ3v) is 2.40. The summed E-state index contributed by atoms with van der Waals surface area (Å²) in [5, 5.41) is 0. The highest BCUT2D eigenvalue weighted by atomic mass is 16.5. The molecule has 0 aromatic carbocycles. The van der Waals surface area contributed by atoms with Gasteiger partial charge in [0.1, 0.15) is 0 Å². The summed E-state index contributed by atoms with van der Waals surface area (Å²) in [7, 11) is 0. The van der Waals surface area contributed by atoms with E-state index in [1.807, 2.05) is 0 Å². The molecular weight excluding hydrogens is 200 g/mol. The quantitative estimate of drug-likeness (QED) is 0.372. The van der Waals surface area contributed by atoms with Crippen LogP contribution in [0.5, 0.6) is 0 Å². The predicted octanol–water partition coefficient (Wildman–Crippen LogP) is 3.96. The van der Waals surface area contributed by atoms with Gasteiger partial charge in [0.25, 0.3) is 0 Å². The molecule has 0 amide bonds. The van der Waals surface area contributed by atoms with E-state index in [9.17, 15) is 0 Å². The molecule has 0 N–H and O–H groups in total. The van der Waals surface area contributed by atoms with Gasteiger partial charge in [0.2, 0.25) is 0 Å². The van der Waals surface area contributed by atoms with E-state index in [-0.39, 0.29) is 0 Å². The number of hydrogen-bond donors (Lipinski definition) is 0. The third kappa shape index (κ3) is 11.7. The Morgan fingerprint density at radius 2 is 1.25 bits per heavy atom. The first-order valence-electron chi connectivity index (χ1n) is 6.63. The zero-order chi connectivity index (χ0) is 12.1. The van der Waals surface area contributed by atoms with Gasteiger partial charge in [-0.05, 0) is 18.4 Å². The van der Waals surface area contributed by atoms with Gasteiger partial charge < -0.3 is 9.47 Å². The third-order valence-electron chi connectivity index (χ3n) is 2.40. The first kappa shape index (κ1) is 15.7. The van der Waals surface area contributed by atoms with Gasteiger partial charge in [-0.2, -0.15) is 0 Å². The van der Waals surface area contributed by atoms with Crippen molar-refractivity contribution in [3.8, 4) is 0 Å². The zero-order valence-corrected chi connectivity index (χ0v) is 11.1. The SMILES string of the molecule is C=C(COCCCCC)COCCCCC. The maximum absolute atomic E-state index is 5.50. The zero-order valence-electron chi connectivity index (χ0n) is 11.1. The smallest absolute Gasteiger partial charge is 0.0696 e. The molecule has 0 unspecified atom stereocenters. The van der Waals surface area contributed by atoms with Gasteiger partial charge in [0, 0.05) is 13.2 Å². The summed E-state index contributed by atoms with van der Waals surface area (Å²) in [6, 6.07) is 0. The van der Waals surface area contributed by atoms with Crippen molar-refractivity contribution in [2.45, 2.75) is 52.4 Å². The monoisotopic (exact) mass is 228 g/mol. The van der Waals surface area contributed by atoms with Gasteiger partial charge in [-0.15, -0.1) is 0 Å². The molecule has 0 fully saturated rings. The van der Waals surface area contributed by atoms with Crippen molar-refractivity contribution in [1.82, 2.24) is 0 Å². The van der Waals surface area contributed by atoms with Crippen LogP contribution in [-0.2, 0) is 9.47 Å². The molecule has 0 saturated carbocycles. The lowest BCUT2D eigenvalue weighted by atomic mass is 10.2. The van der Waals surface area contributed by atoms with Crippen LogP contribution in [0, 0.1) is 0 Å². The number of rotatable bonds is 12. The Bertz CT molecular complexity index is 139. The summed E-state index contributed by atoms with van der Waals surface area (Å²) >= 11 is 0. The minimum Gasteiger partial charge on any atom is -0.377 e. The van der Waals surface area contributed by atoms with Gasteiger partial charge in [0.05, 0.1) is 13.2 Å². The van der Waals surface area contributed by atoms with Crippen LogP contribution in [0.3, 0.4) is 0 Å². The van der Waals surface area contributed by atoms with E-state index in [1.165, 1.54) is 25.7 Å². The summed E-state index contributed by atoms with van der Waals surface area (Å²) in [5.41, 5.74) is 1.05. The predicted molar refractivity (Wildman–Crippen MR) is 69.8 cm³/mol. The Balaban J connectivity index is 3.12. The lowest BCUT2D eigenvalue weighted by Crippen LogP contribution is -2.06.